The molecular formula is C17H30O3SSi. The van der Waals surface area contributed by atoms with E-state index in [4.69, 9.17) is 4.43 Å². The molecule has 0 atom stereocenters. The molecule has 0 unspecified atom stereocenters. The van der Waals surface area contributed by atoms with Crippen LogP contribution in [-0.2, 0) is 14.3 Å². The number of sulfone groups is 1. The summed E-state index contributed by atoms with van der Waals surface area (Å²) in [4.78, 5) is 0.399. The first kappa shape index (κ1) is 19.4. The maximum absolute atomic E-state index is 12.4. The van der Waals surface area contributed by atoms with Crippen molar-refractivity contribution in [3.8, 4) is 0 Å². The second-order valence-corrected chi connectivity index (χ2v) is 13.3. The second-order valence-electron chi connectivity index (χ2n) is 6.49. The lowest BCUT2D eigenvalue weighted by molar-refractivity contribution is 0.0920. The van der Waals surface area contributed by atoms with Gasteiger partial charge in [-0.1, -0.05) is 39.0 Å². The summed E-state index contributed by atoms with van der Waals surface area (Å²) in [5.74, 6) is 0.131. The van der Waals surface area contributed by atoms with E-state index >= 15 is 0 Å². The molecule has 0 saturated heterocycles. The average Bonchev–Trinajstić information content (AvgIpc) is 2.52. The summed E-state index contributed by atoms with van der Waals surface area (Å²) in [6.45, 7) is 10.6. The van der Waals surface area contributed by atoms with Crippen LogP contribution >= 0.6 is 0 Å². The van der Waals surface area contributed by atoms with Crippen LogP contribution in [0.15, 0.2) is 35.2 Å². The molecule has 1 aromatic carbocycles. The molecule has 0 aliphatic rings. The quantitative estimate of drug-likeness (QED) is 0.613. The van der Waals surface area contributed by atoms with Crippen molar-refractivity contribution in [2.75, 3.05) is 5.75 Å². The van der Waals surface area contributed by atoms with Crippen LogP contribution in [0.2, 0.25) is 18.1 Å². The van der Waals surface area contributed by atoms with Gasteiger partial charge in [-0.2, -0.15) is 0 Å². The first-order valence-electron chi connectivity index (χ1n) is 8.18. The molecule has 0 aromatic heterocycles. The summed E-state index contributed by atoms with van der Waals surface area (Å²) in [6.07, 6.45) is 0.527. The minimum absolute atomic E-state index is 0.131. The van der Waals surface area contributed by atoms with Gasteiger partial charge in [-0.05, 0) is 50.5 Å². The Morgan fingerprint density at radius 1 is 1.00 bits per heavy atom. The fourth-order valence-electron chi connectivity index (χ4n) is 2.73. The van der Waals surface area contributed by atoms with Gasteiger partial charge in [0.2, 0.25) is 0 Å². The molecule has 0 amide bonds. The van der Waals surface area contributed by atoms with Crippen LogP contribution in [0.3, 0.4) is 0 Å². The fraction of sp³-hybridized carbons (Fsp3) is 0.647. The molecule has 126 valence electrons. The van der Waals surface area contributed by atoms with Gasteiger partial charge in [0, 0.05) is 0 Å². The molecule has 0 radical (unpaired) electrons. The van der Waals surface area contributed by atoms with E-state index in [0.717, 1.165) is 18.1 Å². The molecule has 22 heavy (non-hydrogen) atoms. The van der Waals surface area contributed by atoms with Gasteiger partial charge in [0.05, 0.1) is 16.2 Å². The van der Waals surface area contributed by atoms with Crippen molar-refractivity contribution in [2.24, 2.45) is 0 Å². The van der Waals surface area contributed by atoms with E-state index < -0.39 is 23.8 Å². The highest BCUT2D eigenvalue weighted by atomic mass is 32.2. The molecule has 0 aliphatic carbocycles. The largest absolute Gasteiger partial charge is 0.412 e. The number of hydrogen-bond donors (Lipinski definition) is 0. The van der Waals surface area contributed by atoms with Gasteiger partial charge < -0.3 is 4.43 Å². The Labute approximate surface area is 137 Å². The third-order valence-electron chi connectivity index (χ3n) is 4.50. The lowest BCUT2D eigenvalue weighted by atomic mass is 10.1. The predicted octanol–water partition coefficient (Wildman–Crippen LogP) is 4.65. The van der Waals surface area contributed by atoms with Gasteiger partial charge in [0.1, 0.15) is 0 Å². The molecule has 1 rings (SSSR count). The Kier molecular flexibility index (Phi) is 6.83. The molecule has 0 spiro atoms. The molecule has 0 aliphatic heterocycles. The van der Waals surface area contributed by atoms with Crippen LogP contribution in [0.25, 0.3) is 0 Å². The topological polar surface area (TPSA) is 43.4 Å². The number of rotatable bonds is 9. The summed E-state index contributed by atoms with van der Waals surface area (Å²) >= 11 is 0. The van der Waals surface area contributed by atoms with Crippen LogP contribution in [0, 0.1) is 0 Å². The zero-order chi connectivity index (χ0) is 16.9. The van der Waals surface area contributed by atoms with Crippen LogP contribution in [0.4, 0.5) is 0 Å². The van der Waals surface area contributed by atoms with E-state index in [1.165, 1.54) is 0 Å². The predicted molar refractivity (Wildman–Crippen MR) is 95.5 cm³/mol. The maximum atomic E-state index is 12.4. The molecule has 3 nitrogen and oxygen atoms in total. The molecule has 0 heterocycles. The second kappa shape index (κ2) is 7.75. The Hall–Kier alpha value is -0.653. The van der Waals surface area contributed by atoms with Gasteiger partial charge in [-0.25, -0.2) is 8.42 Å². The normalized spacial score (nSPS) is 13.3. The van der Waals surface area contributed by atoms with Gasteiger partial charge >= 0.3 is 0 Å². The van der Waals surface area contributed by atoms with Crippen LogP contribution in [0.1, 0.15) is 41.0 Å². The Morgan fingerprint density at radius 3 is 1.95 bits per heavy atom. The van der Waals surface area contributed by atoms with Crippen LogP contribution in [-0.4, -0.2) is 28.1 Å². The highest BCUT2D eigenvalue weighted by Crippen LogP contribution is 2.30. The van der Waals surface area contributed by atoms with E-state index in [1.807, 2.05) is 19.9 Å². The lowest BCUT2D eigenvalue weighted by Crippen LogP contribution is -2.45. The third kappa shape index (κ3) is 5.21. The molecule has 0 fully saturated rings. The molecule has 0 bridgehead atoms. The van der Waals surface area contributed by atoms with Gasteiger partial charge in [-0.3, -0.25) is 0 Å². The highest BCUT2D eigenvalue weighted by Gasteiger charge is 2.36. The molecular weight excluding hydrogens is 312 g/mol. The van der Waals surface area contributed by atoms with E-state index in [1.54, 1.807) is 24.3 Å². The Morgan fingerprint density at radius 2 is 1.50 bits per heavy atom. The zero-order valence-corrected chi connectivity index (χ0v) is 16.4. The summed E-state index contributed by atoms with van der Waals surface area (Å²) in [5, 5.41) is 0. The minimum atomic E-state index is -3.23. The monoisotopic (exact) mass is 342 g/mol. The van der Waals surface area contributed by atoms with Gasteiger partial charge in [0.15, 0.2) is 18.2 Å². The van der Waals surface area contributed by atoms with Crippen molar-refractivity contribution in [3.05, 3.63) is 30.3 Å². The zero-order valence-electron chi connectivity index (χ0n) is 14.6. The van der Waals surface area contributed by atoms with Crippen molar-refractivity contribution < 1.29 is 12.8 Å². The van der Waals surface area contributed by atoms with Crippen molar-refractivity contribution >= 4 is 18.2 Å². The number of hydrogen-bond acceptors (Lipinski definition) is 3. The van der Waals surface area contributed by atoms with E-state index in [-0.39, 0.29) is 5.75 Å². The molecule has 1 aromatic rings. The summed E-state index contributed by atoms with van der Waals surface area (Å²) < 4.78 is 31.3. The van der Waals surface area contributed by atoms with E-state index in [2.05, 4.69) is 20.8 Å². The smallest absolute Gasteiger partial charge is 0.192 e. The molecule has 0 N–H and O–H groups in total. The minimum Gasteiger partial charge on any atom is -0.412 e. The number of benzene rings is 1. The van der Waals surface area contributed by atoms with Gasteiger partial charge in [-0.15, -0.1) is 0 Å². The van der Waals surface area contributed by atoms with Crippen LogP contribution < -0.4 is 0 Å². The van der Waals surface area contributed by atoms with Crippen molar-refractivity contribution in [1.29, 1.82) is 0 Å². The Bertz CT molecular complexity index is 540. The van der Waals surface area contributed by atoms with Crippen LogP contribution in [0.5, 0.6) is 0 Å². The molecule has 0 saturated carbocycles. The van der Waals surface area contributed by atoms with Gasteiger partial charge in [0.25, 0.3) is 0 Å². The van der Waals surface area contributed by atoms with Crippen molar-refractivity contribution in [2.45, 2.75) is 69.7 Å². The summed E-state index contributed by atoms with van der Waals surface area (Å²) in [5.41, 5.74) is -0.393. The van der Waals surface area contributed by atoms with E-state index in [0.29, 0.717) is 11.3 Å². The maximum Gasteiger partial charge on any atom is 0.192 e. The average molecular weight is 343 g/mol. The molecule has 5 heteroatoms. The van der Waals surface area contributed by atoms with Crippen molar-refractivity contribution in [3.63, 3.8) is 0 Å². The SMILES string of the molecule is CC[Si](CC)(CC)OC(C)(C)CCS(=O)(=O)c1ccccc1. The standard InChI is InChI=1S/C17H30O3SSi/c1-6-22(7-2,8-3)20-17(4,5)14-15-21(18,19)16-12-10-9-11-13-16/h9-13H,6-8,14-15H2,1-5H3. The first-order valence-corrected chi connectivity index (χ1v) is 12.4. The van der Waals surface area contributed by atoms with E-state index in [9.17, 15) is 8.42 Å². The first-order chi connectivity index (χ1) is 10.2. The summed E-state index contributed by atoms with van der Waals surface area (Å²) in [6, 6.07) is 11.9. The fourth-order valence-corrected chi connectivity index (χ4v) is 7.50. The lowest BCUT2D eigenvalue weighted by Gasteiger charge is -2.38. The van der Waals surface area contributed by atoms with Crippen molar-refractivity contribution in [1.82, 2.24) is 0 Å². The summed E-state index contributed by atoms with van der Waals surface area (Å²) in [7, 11) is -4.96. The highest BCUT2D eigenvalue weighted by molar-refractivity contribution is 7.91. The third-order valence-corrected chi connectivity index (χ3v) is 11.1. The Balaban J connectivity index is 2.77.